The van der Waals surface area contributed by atoms with E-state index in [9.17, 15) is 4.79 Å². The predicted octanol–water partition coefficient (Wildman–Crippen LogP) is 5.04. The van der Waals surface area contributed by atoms with Gasteiger partial charge in [0, 0.05) is 11.8 Å². The van der Waals surface area contributed by atoms with Crippen molar-refractivity contribution in [1.29, 1.82) is 0 Å². The third-order valence-electron chi connectivity index (χ3n) is 3.28. The van der Waals surface area contributed by atoms with Crippen molar-refractivity contribution in [2.75, 3.05) is 0 Å². The minimum Gasteiger partial charge on any atom is -0.294 e. The Morgan fingerprint density at radius 2 is 2.10 bits per heavy atom. The normalized spacial score (nSPS) is 11.2. The van der Waals surface area contributed by atoms with Crippen molar-refractivity contribution in [3.05, 3.63) is 38.3 Å². The summed E-state index contributed by atoms with van der Waals surface area (Å²) in [6, 6.07) is 3.89. The van der Waals surface area contributed by atoms with Gasteiger partial charge < -0.3 is 0 Å². The number of hydrogen-bond donors (Lipinski definition) is 0. The molecule has 0 saturated heterocycles. The zero-order chi connectivity index (χ0) is 14.7. The number of carbonyl (C=O) groups excluding carboxylic acids is 1. The zero-order valence-corrected chi connectivity index (χ0v) is 13.7. The Morgan fingerprint density at radius 1 is 1.40 bits per heavy atom. The van der Waals surface area contributed by atoms with E-state index in [1.165, 1.54) is 11.3 Å². The van der Waals surface area contributed by atoms with Crippen molar-refractivity contribution >= 4 is 40.3 Å². The second-order valence-corrected chi connectivity index (χ2v) is 6.88. The highest BCUT2D eigenvalue weighted by atomic mass is 35.5. The molecule has 0 fully saturated rings. The summed E-state index contributed by atoms with van der Waals surface area (Å²) in [7, 11) is 0. The molecular formula is C14H16Cl2N2OS. The first kappa shape index (κ1) is 15.5. The SMILES string of the molecule is CCC(CC)n1ccc(CC(=O)c2cc(Cl)sc2Cl)n1. The minimum atomic E-state index is -0.0482. The van der Waals surface area contributed by atoms with Gasteiger partial charge in [-0.3, -0.25) is 9.48 Å². The first-order chi connectivity index (χ1) is 9.55. The maximum atomic E-state index is 12.2. The van der Waals surface area contributed by atoms with E-state index in [1.807, 2.05) is 16.9 Å². The van der Waals surface area contributed by atoms with Gasteiger partial charge in [0.15, 0.2) is 5.78 Å². The van der Waals surface area contributed by atoms with E-state index < -0.39 is 0 Å². The van der Waals surface area contributed by atoms with Crippen LogP contribution in [-0.2, 0) is 6.42 Å². The Morgan fingerprint density at radius 3 is 2.65 bits per heavy atom. The van der Waals surface area contributed by atoms with Crippen molar-refractivity contribution < 1.29 is 4.79 Å². The van der Waals surface area contributed by atoms with Gasteiger partial charge in [-0.1, -0.05) is 37.0 Å². The van der Waals surface area contributed by atoms with Crippen LogP contribution in [0.2, 0.25) is 8.67 Å². The number of rotatable bonds is 6. The van der Waals surface area contributed by atoms with E-state index >= 15 is 0 Å². The summed E-state index contributed by atoms with van der Waals surface area (Å²) in [6.45, 7) is 4.27. The highest BCUT2D eigenvalue weighted by Gasteiger charge is 2.16. The number of Topliss-reactive ketones (excluding diaryl/α,β-unsaturated/α-hetero) is 1. The molecule has 108 valence electrons. The molecule has 0 aliphatic rings. The molecule has 0 atom stereocenters. The summed E-state index contributed by atoms with van der Waals surface area (Å²) < 4.78 is 2.91. The van der Waals surface area contributed by atoms with Crippen LogP contribution in [-0.4, -0.2) is 15.6 Å². The van der Waals surface area contributed by atoms with Crippen LogP contribution >= 0.6 is 34.5 Å². The van der Waals surface area contributed by atoms with Gasteiger partial charge in [0.25, 0.3) is 0 Å². The molecule has 0 amide bonds. The highest BCUT2D eigenvalue weighted by Crippen LogP contribution is 2.31. The largest absolute Gasteiger partial charge is 0.294 e. The van der Waals surface area contributed by atoms with Crippen molar-refractivity contribution in [2.24, 2.45) is 0 Å². The van der Waals surface area contributed by atoms with Gasteiger partial charge in [-0.2, -0.15) is 5.10 Å². The number of nitrogens with zero attached hydrogens (tertiary/aromatic N) is 2. The van der Waals surface area contributed by atoms with Gasteiger partial charge in [0.2, 0.25) is 0 Å². The van der Waals surface area contributed by atoms with Gasteiger partial charge in [0.05, 0.1) is 22.5 Å². The van der Waals surface area contributed by atoms with Crippen molar-refractivity contribution in [3.8, 4) is 0 Å². The molecule has 0 unspecified atom stereocenters. The van der Waals surface area contributed by atoms with Crippen LogP contribution in [0.1, 0.15) is 48.8 Å². The molecule has 0 aliphatic heterocycles. The Kier molecular flexibility index (Phi) is 5.24. The molecule has 6 heteroatoms. The molecule has 0 aliphatic carbocycles. The Labute approximate surface area is 132 Å². The van der Waals surface area contributed by atoms with Gasteiger partial charge in [-0.25, -0.2) is 0 Å². The summed E-state index contributed by atoms with van der Waals surface area (Å²) in [4.78, 5) is 12.2. The molecule has 0 aromatic carbocycles. The first-order valence-corrected chi connectivity index (χ1v) is 8.14. The fourth-order valence-electron chi connectivity index (χ4n) is 2.13. The second kappa shape index (κ2) is 6.74. The summed E-state index contributed by atoms with van der Waals surface area (Å²) in [5.74, 6) is -0.0482. The van der Waals surface area contributed by atoms with E-state index in [4.69, 9.17) is 23.2 Å². The van der Waals surface area contributed by atoms with Gasteiger partial charge >= 0.3 is 0 Å². The number of aromatic nitrogens is 2. The molecule has 0 saturated carbocycles. The van der Waals surface area contributed by atoms with Gasteiger partial charge in [0.1, 0.15) is 4.34 Å². The Bertz CT molecular complexity index is 602. The average Bonchev–Trinajstić information content (AvgIpc) is 2.98. The molecule has 2 heterocycles. The molecule has 2 rings (SSSR count). The lowest BCUT2D eigenvalue weighted by Crippen LogP contribution is -2.09. The molecule has 0 bridgehead atoms. The summed E-state index contributed by atoms with van der Waals surface area (Å²) in [5, 5.41) is 4.48. The second-order valence-electron chi connectivity index (χ2n) is 4.60. The molecule has 0 spiro atoms. The quantitative estimate of drug-likeness (QED) is 0.695. The Hall–Kier alpha value is -0.840. The number of halogens is 2. The van der Waals surface area contributed by atoms with Crippen molar-refractivity contribution in [3.63, 3.8) is 0 Å². The third-order valence-corrected chi connectivity index (χ3v) is 4.77. The monoisotopic (exact) mass is 330 g/mol. The molecular weight excluding hydrogens is 315 g/mol. The van der Waals surface area contributed by atoms with Crippen LogP contribution in [0.5, 0.6) is 0 Å². The summed E-state index contributed by atoms with van der Waals surface area (Å²) >= 11 is 13.1. The molecule has 0 radical (unpaired) electrons. The van der Waals surface area contributed by atoms with E-state index in [0.29, 0.717) is 20.3 Å². The van der Waals surface area contributed by atoms with E-state index in [2.05, 4.69) is 18.9 Å². The average molecular weight is 331 g/mol. The fraction of sp³-hybridized carbons (Fsp3) is 0.429. The van der Waals surface area contributed by atoms with Crippen LogP contribution in [0, 0.1) is 0 Å². The van der Waals surface area contributed by atoms with E-state index in [0.717, 1.165) is 18.5 Å². The molecule has 20 heavy (non-hydrogen) atoms. The number of thiophene rings is 1. The lowest BCUT2D eigenvalue weighted by atomic mass is 10.1. The molecule has 2 aromatic rings. The third kappa shape index (κ3) is 3.43. The molecule has 2 aromatic heterocycles. The van der Waals surface area contributed by atoms with Gasteiger partial charge in [-0.15, -0.1) is 11.3 Å². The van der Waals surface area contributed by atoms with Crippen molar-refractivity contribution in [1.82, 2.24) is 9.78 Å². The lowest BCUT2D eigenvalue weighted by molar-refractivity contribution is 0.0992. The number of ketones is 1. The standard InChI is InChI=1S/C14H16Cl2N2OS/c1-3-10(4-2)18-6-5-9(17-18)7-12(19)11-8-13(15)20-14(11)16/h5-6,8,10H,3-4,7H2,1-2H3. The van der Waals surface area contributed by atoms with Crippen LogP contribution in [0.3, 0.4) is 0 Å². The predicted molar refractivity (Wildman–Crippen MR) is 84.2 cm³/mol. The smallest absolute Gasteiger partial charge is 0.171 e. The maximum absolute atomic E-state index is 12.2. The van der Waals surface area contributed by atoms with Crippen LogP contribution in [0.15, 0.2) is 18.3 Å². The molecule has 3 nitrogen and oxygen atoms in total. The minimum absolute atomic E-state index is 0.0482. The van der Waals surface area contributed by atoms with Crippen LogP contribution in [0.25, 0.3) is 0 Å². The lowest BCUT2D eigenvalue weighted by Gasteiger charge is -2.12. The molecule has 0 N–H and O–H groups in total. The maximum Gasteiger partial charge on any atom is 0.171 e. The van der Waals surface area contributed by atoms with E-state index in [-0.39, 0.29) is 12.2 Å². The summed E-state index contributed by atoms with van der Waals surface area (Å²) in [5.41, 5.74) is 1.25. The van der Waals surface area contributed by atoms with E-state index in [1.54, 1.807) is 6.07 Å². The zero-order valence-electron chi connectivity index (χ0n) is 11.4. The van der Waals surface area contributed by atoms with Crippen LogP contribution < -0.4 is 0 Å². The van der Waals surface area contributed by atoms with Gasteiger partial charge in [-0.05, 0) is 25.0 Å². The Balaban J connectivity index is 2.11. The van der Waals surface area contributed by atoms with Crippen molar-refractivity contribution in [2.45, 2.75) is 39.2 Å². The fourth-order valence-corrected chi connectivity index (χ4v) is 3.63. The topological polar surface area (TPSA) is 34.9 Å². The first-order valence-electron chi connectivity index (χ1n) is 6.57. The van der Waals surface area contributed by atoms with Crippen LogP contribution in [0.4, 0.5) is 0 Å². The number of hydrogen-bond acceptors (Lipinski definition) is 3. The highest BCUT2D eigenvalue weighted by molar-refractivity contribution is 7.20. The number of carbonyl (C=O) groups is 1. The summed E-state index contributed by atoms with van der Waals surface area (Å²) in [6.07, 6.45) is 4.23.